The number of aromatic nitrogens is 3. The summed E-state index contributed by atoms with van der Waals surface area (Å²) in [5, 5.41) is 16.6. The summed E-state index contributed by atoms with van der Waals surface area (Å²) in [6.45, 7) is 0.311. The normalized spacial score (nSPS) is 12.2. The minimum atomic E-state index is -2.88. The Morgan fingerprint density at radius 1 is 1.19 bits per heavy atom. The molecule has 1 unspecified atom stereocenters. The zero-order valence-electron chi connectivity index (χ0n) is 17.4. The van der Waals surface area contributed by atoms with Crippen LogP contribution >= 0.6 is 24.0 Å². The van der Waals surface area contributed by atoms with E-state index in [9.17, 15) is 13.9 Å². The molecule has 0 aliphatic heterocycles. The fourth-order valence-corrected chi connectivity index (χ4v) is 2.75. The maximum absolute atomic E-state index is 12.2. The number of hydrogen-bond donors (Lipinski definition) is 3. The number of guanidine groups is 1. The van der Waals surface area contributed by atoms with Crippen LogP contribution in [-0.4, -0.2) is 45.3 Å². The minimum Gasteiger partial charge on any atom is -0.435 e. The Morgan fingerprint density at radius 2 is 1.97 bits per heavy atom. The molecule has 3 N–H and O–H groups in total. The number of rotatable bonds is 9. The maximum Gasteiger partial charge on any atom is 0.387 e. The molecule has 32 heavy (non-hydrogen) atoms. The number of nitrogens with zero attached hydrogens (tertiary/aromatic N) is 4. The smallest absolute Gasteiger partial charge is 0.387 e. The Balaban J connectivity index is 0.00000363. The Labute approximate surface area is 201 Å². The molecule has 8 nitrogen and oxygen atoms in total. The monoisotopic (exact) mass is 558 g/mol. The molecule has 0 aliphatic carbocycles. The molecule has 2 heterocycles. The van der Waals surface area contributed by atoms with E-state index in [0.717, 1.165) is 11.4 Å². The number of hydrogen-bond acceptors (Lipinski definition) is 5. The number of aliphatic imine (C=N–C) groups is 1. The quantitative estimate of drug-likeness (QED) is 0.212. The number of alkyl halides is 2. The molecular weight excluding hydrogens is 533 g/mol. The van der Waals surface area contributed by atoms with E-state index in [-0.39, 0.29) is 36.3 Å². The van der Waals surface area contributed by atoms with Crippen LogP contribution < -0.4 is 15.4 Å². The van der Waals surface area contributed by atoms with Crippen molar-refractivity contribution < 1.29 is 18.6 Å². The number of pyridine rings is 1. The van der Waals surface area contributed by atoms with Gasteiger partial charge in [0.25, 0.3) is 0 Å². The highest BCUT2D eigenvalue weighted by atomic mass is 127. The van der Waals surface area contributed by atoms with Gasteiger partial charge in [0.05, 0.1) is 12.6 Å². The van der Waals surface area contributed by atoms with Crippen LogP contribution in [-0.2, 0) is 6.54 Å². The predicted molar refractivity (Wildman–Crippen MR) is 128 cm³/mol. The van der Waals surface area contributed by atoms with Crippen LogP contribution in [0.4, 0.5) is 8.78 Å². The Hall–Kier alpha value is -2.80. The largest absolute Gasteiger partial charge is 0.435 e. The van der Waals surface area contributed by atoms with Crippen LogP contribution in [0.3, 0.4) is 0 Å². The van der Waals surface area contributed by atoms with Gasteiger partial charge in [0.2, 0.25) is 0 Å². The van der Waals surface area contributed by atoms with Crippen molar-refractivity contribution in [3.8, 4) is 11.6 Å². The number of imidazole rings is 1. The van der Waals surface area contributed by atoms with E-state index in [1.54, 1.807) is 30.9 Å². The van der Waals surface area contributed by atoms with Crippen LogP contribution in [0, 0.1) is 0 Å². The standard InChI is InChI=1S/C21H24F2N6O2.HI/c1-2-25-21(27-12-15-3-8-19(26-11-15)29-10-9-24-14-29)28-13-18(30)16-4-6-17(7-5-16)31-20(22)23;/h3-11,14,18,20,30H,2,12-13H2,1H3,(H2,25,27,28);1H. The number of aliphatic hydroxyl groups is 1. The lowest BCUT2D eigenvalue weighted by Crippen LogP contribution is -2.39. The van der Waals surface area contributed by atoms with Crippen molar-refractivity contribution >= 4 is 29.9 Å². The third-order valence-corrected chi connectivity index (χ3v) is 4.29. The first-order valence-electron chi connectivity index (χ1n) is 9.73. The number of benzene rings is 1. The van der Waals surface area contributed by atoms with Crippen molar-refractivity contribution in [2.75, 3.05) is 13.1 Å². The van der Waals surface area contributed by atoms with Gasteiger partial charge in [-0.25, -0.2) is 15.0 Å². The molecule has 0 bridgehead atoms. The highest BCUT2D eigenvalue weighted by Crippen LogP contribution is 2.19. The van der Waals surface area contributed by atoms with Crippen molar-refractivity contribution in [1.29, 1.82) is 0 Å². The van der Waals surface area contributed by atoms with E-state index in [0.29, 0.717) is 24.6 Å². The molecule has 0 saturated carbocycles. The SMILES string of the molecule is CCNC(=NCc1ccc(-n2ccnc2)nc1)NCC(O)c1ccc(OC(F)F)cc1.I. The van der Waals surface area contributed by atoms with Crippen molar-refractivity contribution in [3.63, 3.8) is 0 Å². The number of halogens is 3. The molecule has 1 atom stereocenters. The lowest BCUT2D eigenvalue weighted by molar-refractivity contribution is -0.0498. The zero-order valence-corrected chi connectivity index (χ0v) is 19.7. The van der Waals surface area contributed by atoms with Crippen LogP contribution in [0.5, 0.6) is 5.75 Å². The Morgan fingerprint density at radius 3 is 2.56 bits per heavy atom. The summed E-state index contributed by atoms with van der Waals surface area (Å²) < 4.78 is 30.6. The van der Waals surface area contributed by atoms with Gasteiger partial charge >= 0.3 is 6.61 Å². The van der Waals surface area contributed by atoms with Crippen LogP contribution in [0.25, 0.3) is 5.82 Å². The first-order valence-corrected chi connectivity index (χ1v) is 9.73. The fraction of sp³-hybridized carbons (Fsp3) is 0.286. The van der Waals surface area contributed by atoms with Gasteiger partial charge in [-0.2, -0.15) is 8.78 Å². The van der Waals surface area contributed by atoms with Crippen molar-refractivity contribution in [1.82, 2.24) is 25.2 Å². The second-order valence-electron chi connectivity index (χ2n) is 6.53. The minimum absolute atomic E-state index is 0. The van der Waals surface area contributed by atoms with Gasteiger partial charge in [0.1, 0.15) is 17.9 Å². The van der Waals surface area contributed by atoms with Gasteiger partial charge in [0.15, 0.2) is 5.96 Å². The van der Waals surface area contributed by atoms with Crippen molar-refractivity contribution in [2.45, 2.75) is 26.2 Å². The summed E-state index contributed by atoms with van der Waals surface area (Å²) in [7, 11) is 0. The molecule has 0 radical (unpaired) electrons. The number of nitrogens with one attached hydrogen (secondary N) is 2. The average Bonchev–Trinajstić information content (AvgIpc) is 3.31. The summed E-state index contributed by atoms with van der Waals surface area (Å²) >= 11 is 0. The van der Waals surface area contributed by atoms with Crippen LogP contribution in [0.1, 0.15) is 24.2 Å². The molecule has 11 heteroatoms. The summed E-state index contributed by atoms with van der Waals surface area (Å²) in [4.78, 5) is 12.9. The van der Waals surface area contributed by atoms with Crippen LogP contribution in [0.15, 0.2) is 66.3 Å². The summed E-state index contributed by atoms with van der Waals surface area (Å²) in [6, 6.07) is 9.70. The lowest BCUT2D eigenvalue weighted by Gasteiger charge is -2.16. The van der Waals surface area contributed by atoms with E-state index in [1.807, 2.05) is 29.8 Å². The molecular formula is C21H25F2IN6O2. The first-order chi connectivity index (χ1) is 15.0. The van der Waals surface area contributed by atoms with Crippen molar-refractivity contribution in [2.24, 2.45) is 4.99 Å². The second kappa shape index (κ2) is 12.9. The maximum atomic E-state index is 12.2. The lowest BCUT2D eigenvalue weighted by atomic mass is 10.1. The average molecular weight is 558 g/mol. The van der Waals surface area contributed by atoms with E-state index in [1.165, 1.54) is 12.1 Å². The third kappa shape index (κ3) is 7.71. The summed E-state index contributed by atoms with van der Waals surface area (Å²) in [6.07, 6.45) is 6.09. The fourth-order valence-electron chi connectivity index (χ4n) is 2.75. The van der Waals surface area contributed by atoms with Gasteiger partial charge in [-0.1, -0.05) is 18.2 Å². The van der Waals surface area contributed by atoms with Gasteiger partial charge in [-0.15, -0.1) is 24.0 Å². The van der Waals surface area contributed by atoms with E-state index >= 15 is 0 Å². The molecule has 0 saturated heterocycles. The van der Waals surface area contributed by atoms with Gasteiger partial charge < -0.3 is 20.5 Å². The van der Waals surface area contributed by atoms with E-state index in [2.05, 4.69) is 30.3 Å². The molecule has 3 aromatic rings. The van der Waals surface area contributed by atoms with Crippen LogP contribution in [0.2, 0.25) is 0 Å². The summed E-state index contributed by atoms with van der Waals surface area (Å²) in [5.74, 6) is 1.35. The van der Waals surface area contributed by atoms with Gasteiger partial charge in [0, 0.05) is 31.7 Å². The highest BCUT2D eigenvalue weighted by Gasteiger charge is 2.10. The zero-order chi connectivity index (χ0) is 22.1. The number of ether oxygens (including phenoxy) is 1. The highest BCUT2D eigenvalue weighted by molar-refractivity contribution is 14.0. The van der Waals surface area contributed by atoms with Gasteiger partial charge in [-0.05, 0) is 36.2 Å². The molecule has 3 rings (SSSR count). The van der Waals surface area contributed by atoms with E-state index < -0.39 is 12.7 Å². The second-order valence-corrected chi connectivity index (χ2v) is 6.53. The van der Waals surface area contributed by atoms with E-state index in [4.69, 9.17) is 0 Å². The van der Waals surface area contributed by atoms with Crippen molar-refractivity contribution in [3.05, 3.63) is 72.4 Å². The van der Waals surface area contributed by atoms with Gasteiger partial charge in [-0.3, -0.25) is 4.57 Å². The molecule has 172 valence electrons. The molecule has 0 fully saturated rings. The summed E-state index contributed by atoms with van der Waals surface area (Å²) in [5.41, 5.74) is 1.50. The number of aliphatic hydroxyl groups excluding tert-OH is 1. The topological polar surface area (TPSA) is 96.6 Å². The predicted octanol–water partition coefficient (Wildman–Crippen LogP) is 3.28. The third-order valence-electron chi connectivity index (χ3n) is 4.29. The molecule has 1 aromatic carbocycles. The Bertz CT molecular complexity index is 953. The molecule has 2 aromatic heterocycles. The molecule has 0 aliphatic rings. The Kier molecular flexibility index (Phi) is 10.3. The first kappa shape index (κ1) is 25.5. The molecule has 0 spiro atoms. The molecule has 0 amide bonds.